The first-order chi connectivity index (χ1) is 7.17. The lowest BCUT2D eigenvalue weighted by Gasteiger charge is -2.14. The molecule has 86 valence electrons. The predicted molar refractivity (Wildman–Crippen MR) is 58.4 cm³/mol. The predicted octanol–water partition coefficient (Wildman–Crippen LogP) is 0.450. The van der Waals surface area contributed by atoms with Gasteiger partial charge >= 0.3 is 0 Å². The van der Waals surface area contributed by atoms with Crippen LogP contribution in [0.5, 0.6) is 0 Å². The second-order valence-electron chi connectivity index (χ2n) is 4.09. The number of ether oxygens (including phenoxy) is 1. The molecule has 0 aliphatic heterocycles. The molecule has 0 radical (unpaired) electrons. The van der Waals surface area contributed by atoms with Crippen molar-refractivity contribution in [1.29, 1.82) is 0 Å². The number of hydrogen-bond acceptors (Lipinski definition) is 4. The first-order valence-corrected chi connectivity index (χ1v) is 5.27. The summed E-state index contributed by atoms with van der Waals surface area (Å²) in [4.78, 5) is 0. The second-order valence-corrected chi connectivity index (χ2v) is 4.09. The summed E-state index contributed by atoms with van der Waals surface area (Å²) in [5, 5.41) is 8.00. The van der Waals surface area contributed by atoms with Crippen LogP contribution < -0.4 is 5.73 Å². The minimum absolute atomic E-state index is 0.0279. The number of nitrogens with two attached hydrogens (primary N) is 1. The van der Waals surface area contributed by atoms with E-state index >= 15 is 0 Å². The van der Waals surface area contributed by atoms with Crippen molar-refractivity contribution < 1.29 is 4.74 Å². The van der Waals surface area contributed by atoms with Gasteiger partial charge in [-0.3, -0.25) is 0 Å². The standard InChI is InChI=1S/C10H20N4O/c1-8(2)6-14-7-12-13-10(14)4-9(5-11)15-3/h7-9H,4-6,11H2,1-3H3. The van der Waals surface area contributed by atoms with Crippen LogP contribution in [-0.4, -0.2) is 34.5 Å². The van der Waals surface area contributed by atoms with E-state index < -0.39 is 0 Å². The highest BCUT2D eigenvalue weighted by Gasteiger charge is 2.12. The molecular weight excluding hydrogens is 192 g/mol. The Bertz CT molecular complexity index is 281. The molecule has 0 aliphatic rings. The number of nitrogens with zero attached hydrogens (tertiary/aromatic N) is 3. The Kier molecular flexibility index (Phi) is 4.71. The Hall–Kier alpha value is -0.940. The van der Waals surface area contributed by atoms with Crippen LogP contribution in [0.25, 0.3) is 0 Å². The van der Waals surface area contributed by atoms with Crippen molar-refractivity contribution in [2.45, 2.75) is 32.9 Å². The van der Waals surface area contributed by atoms with Crippen LogP contribution in [0.4, 0.5) is 0 Å². The van der Waals surface area contributed by atoms with Gasteiger partial charge in [0.15, 0.2) is 0 Å². The Morgan fingerprint density at radius 3 is 2.80 bits per heavy atom. The molecule has 1 atom stereocenters. The molecule has 0 amide bonds. The molecule has 0 spiro atoms. The smallest absolute Gasteiger partial charge is 0.135 e. The van der Waals surface area contributed by atoms with Crippen molar-refractivity contribution in [3.8, 4) is 0 Å². The summed E-state index contributed by atoms with van der Waals surface area (Å²) < 4.78 is 7.29. The van der Waals surface area contributed by atoms with E-state index in [2.05, 4.69) is 28.6 Å². The lowest BCUT2D eigenvalue weighted by Crippen LogP contribution is -2.26. The van der Waals surface area contributed by atoms with E-state index in [4.69, 9.17) is 10.5 Å². The second kappa shape index (κ2) is 5.82. The molecule has 0 saturated carbocycles. The number of methoxy groups -OCH3 is 1. The molecule has 5 heteroatoms. The van der Waals surface area contributed by atoms with Crippen LogP contribution in [0.1, 0.15) is 19.7 Å². The van der Waals surface area contributed by atoms with Gasteiger partial charge in [-0.05, 0) is 5.92 Å². The first-order valence-electron chi connectivity index (χ1n) is 5.27. The van der Waals surface area contributed by atoms with Crippen molar-refractivity contribution in [2.24, 2.45) is 11.7 Å². The average molecular weight is 212 g/mol. The molecule has 1 rings (SSSR count). The minimum atomic E-state index is 0.0279. The molecule has 1 aromatic heterocycles. The van der Waals surface area contributed by atoms with Gasteiger partial charge in [0, 0.05) is 26.6 Å². The van der Waals surface area contributed by atoms with Gasteiger partial charge in [0.05, 0.1) is 6.10 Å². The Morgan fingerprint density at radius 1 is 1.53 bits per heavy atom. The fourth-order valence-electron chi connectivity index (χ4n) is 1.45. The fourth-order valence-corrected chi connectivity index (χ4v) is 1.45. The average Bonchev–Trinajstić information content (AvgIpc) is 2.61. The Morgan fingerprint density at radius 2 is 2.27 bits per heavy atom. The summed E-state index contributed by atoms with van der Waals surface area (Å²) in [7, 11) is 1.67. The summed E-state index contributed by atoms with van der Waals surface area (Å²) in [6.07, 6.45) is 2.51. The van der Waals surface area contributed by atoms with Crippen molar-refractivity contribution >= 4 is 0 Å². The van der Waals surface area contributed by atoms with E-state index in [1.807, 2.05) is 0 Å². The zero-order chi connectivity index (χ0) is 11.3. The first kappa shape index (κ1) is 12.1. The molecule has 15 heavy (non-hydrogen) atoms. The van der Waals surface area contributed by atoms with E-state index in [9.17, 15) is 0 Å². The highest BCUT2D eigenvalue weighted by Crippen LogP contribution is 2.05. The third-order valence-electron chi connectivity index (χ3n) is 2.26. The highest BCUT2D eigenvalue weighted by atomic mass is 16.5. The summed E-state index contributed by atoms with van der Waals surface area (Å²) >= 11 is 0. The van der Waals surface area contributed by atoms with Gasteiger partial charge in [0.2, 0.25) is 0 Å². The summed E-state index contributed by atoms with van der Waals surface area (Å²) in [6.45, 7) is 5.77. The molecular formula is C10H20N4O. The van der Waals surface area contributed by atoms with E-state index in [1.165, 1.54) is 0 Å². The third kappa shape index (κ3) is 3.60. The summed E-state index contributed by atoms with van der Waals surface area (Å²) in [6, 6.07) is 0. The molecule has 0 bridgehead atoms. The van der Waals surface area contributed by atoms with Crippen LogP contribution in [0.3, 0.4) is 0 Å². The quantitative estimate of drug-likeness (QED) is 0.743. The number of aromatic nitrogens is 3. The van der Waals surface area contributed by atoms with Gasteiger partial charge in [-0.1, -0.05) is 13.8 Å². The minimum Gasteiger partial charge on any atom is -0.380 e. The number of hydrogen-bond donors (Lipinski definition) is 1. The Labute approximate surface area is 90.6 Å². The third-order valence-corrected chi connectivity index (χ3v) is 2.26. The molecule has 0 fully saturated rings. The monoisotopic (exact) mass is 212 g/mol. The van der Waals surface area contributed by atoms with Gasteiger partial charge in [-0.15, -0.1) is 10.2 Å². The number of rotatable bonds is 6. The molecule has 0 saturated heterocycles. The maximum absolute atomic E-state index is 5.57. The van der Waals surface area contributed by atoms with Crippen molar-refractivity contribution in [3.05, 3.63) is 12.2 Å². The van der Waals surface area contributed by atoms with Gasteiger partial charge in [0.25, 0.3) is 0 Å². The van der Waals surface area contributed by atoms with E-state index in [1.54, 1.807) is 13.4 Å². The summed E-state index contributed by atoms with van der Waals surface area (Å²) in [5.74, 6) is 1.53. The molecule has 1 unspecified atom stereocenters. The normalized spacial score (nSPS) is 13.4. The molecule has 1 aromatic rings. The molecule has 2 N–H and O–H groups in total. The molecule has 0 aliphatic carbocycles. The zero-order valence-electron chi connectivity index (χ0n) is 9.68. The SMILES string of the molecule is COC(CN)Cc1nncn1CC(C)C. The maximum atomic E-state index is 5.57. The molecule has 5 nitrogen and oxygen atoms in total. The lowest BCUT2D eigenvalue weighted by molar-refractivity contribution is 0.107. The van der Waals surface area contributed by atoms with Crippen LogP contribution in [-0.2, 0) is 17.7 Å². The van der Waals surface area contributed by atoms with Crippen molar-refractivity contribution in [2.75, 3.05) is 13.7 Å². The fraction of sp³-hybridized carbons (Fsp3) is 0.800. The van der Waals surface area contributed by atoms with Gasteiger partial charge in [-0.2, -0.15) is 0 Å². The molecule has 0 aromatic carbocycles. The van der Waals surface area contributed by atoms with Crippen LogP contribution in [0.2, 0.25) is 0 Å². The van der Waals surface area contributed by atoms with E-state index in [0.717, 1.165) is 18.8 Å². The van der Waals surface area contributed by atoms with Crippen LogP contribution in [0.15, 0.2) is 6.33 Å². The highest BCUT2D eigenvalue weighted by molar-refractivity contribution is 4.89. The van der Waals surface area contributed by atoms with Gasteiger partial charge < -0.3 is 15.0 Å². The van der Waals surface area contributed by atoms with Gasteiger partial charge in [0.1, 0.15) is 12.2 Å². The summed E-state index contributed by atoms with van der Waals surface area (Å²) in [5.41, 5.74) is 5.57. The topological polar surface area (TPSA) is 66.0 Å². The zero-order valence-corrected chi connectivity index (χ0v) is 9.68. The van der Waals surface area contributed by atoms with Crippen LogP contribution in [0, 0.1) is 5.92 Å². The van der Waals surface area contributed by atoms with Crippen molar-refractivity contribution in [3.63, 3.8) is 0 Å². The van der Waals surface area contributed by atoms with Gasteiger partial charge in [-0.25, -0.2) is 0 Å². The van der Waals surface area contributed by atoms with E-state index in [-0.39, 0.29) is 6.10 Å². The largest absolute Gasteiger partial charge is 0.380 e. The molecule has 1 heterocycles. The van der Waals surface area contributed by atoms with Crippen molar-refractivity contribution in [1.82, 2.24) is 14.8 Å². The Balaban J connectivity index is 2.63. The lowest BCUT2D eigenvalue weighted by atomic mass is 10.2. The maximum Gasteiger partial charge on any atom is 0.135 e. The van der Waals surface area contributed by atoms with E-state index in [0.29, 0.717) is 12.5 Å². The van der Waals surface area contributed by atoms with Crippen LogP contribution >= 0.6 is 0 Å².